The molecular formula is C25H41F7N2O4. The van der Waals surface area contributed by atoms with E-state index in [2.05, 4.69) is 12.2 Å². The van der Waals surface area contributed by atoms with Crippen LogP contribution in [-0.4, -0.2) is 54.5 Å². The van der Waals surface area contributed by atoms with Gasteiger partial charge < -0.3 is 15.4 Å². The molecule has 0 rings (SSSR count). The molecule has 6 nitrogen and oxygen atoms in total. The van der Waals surface area contributed by atoms with E-state index in [0.29, 0.717) is 6.42 Å². The lowest BCUT2D eigenvalue weighted by Gasteiger charge is -2.29. The number of esters is 1. The molecule has 0 aromatic rings. The first kappa shape index (κ1) is 35.9. The minimum Gasteiger partial charge on any atom is -0.464 e. The second-order valence-corrected chi connectivity index (χ2v) is 10.3. The molecule has 0 heterocycles. The van der Waals surface area contributed by atoms with Crippen LogP contribution >= 0.6 is 0 Å². The molecule has 0 aromatic carbocycles. The third-order valence-corrected chi connectivity index (χ3v) is 5.66. The standard InChI is InChI=1S/C25H41F7N2O4/c1-6-7-8-9-10-11-12-13-38-21(36)19(15-17(4)5)33-20(35)18(14-16(2)3)34-22(37)23(26,27)24(28,29)25(30,31)32/h16-19H,6-15H2,1-5H3,(H,33,35)(H,34,37). The molecule has 0 aliphatic rings. The van der Waals surface area contributed by atoms with Crippen molar-refractivity contribution in [1.29, 1.82) is 0 Å². The van der Waals surface area contributed by atoms with E-state index in [1.165, 1.54) is 19.2 Å². The highest BCUT2D eigenvalue weighted by atomic mass is 19.4. The second-order valence-electron chi connectivity index (χ2n) is 10.3. The molecule has 38 heavy (non-hydrogen) atoms. The quantitative estimate of drug-likeness (QED) is 0.118. The van der Waals surface area contributed by atoms with Gasteiger partial charge in [-0.15, -0.1) is 0 Å². The van der Waals surface area contributed by atoms with Crippen LogP contribution in [0.15, 0.2) is 0 Å². The summed E-state index contributed by atoms with van der Waals surface area (Å²) in [5, 5.41) is 3.58. The first-order valence-corrected chi connectivity index (χ1v) is 13.0. The lowest BCUT2D eigenvalue weighted by Crippen LogP contribution is -2.62. The number of hydrogen-bond donors (Lipinski definition) is 2. The highest BCUT2D eigenvalue weighted by Crippen LogP contribution is 2.46. The van der Waals surface area contributed by atoms with E-state index in [4.69, 9.17) is 4.74 Å². The summed E-state index contributed by atoms with van der Waals surface area (Å²) >= 11 is 0. The maximum absolute atomic E-state index is 13.8. The Morgan fingerprint density at radius 3 is 1.66 bits per heavy atom. The summed E-state index contributed by atoms with van der Waals surface area (Å²) in [7, 11) is 0. The molecule has 2 amide bonds. The first-order valence-electron chi connectivity index (χ1n) is 13.0. The van der Waals surface area contributed by atoms with Crippen LogP contribution < -0.4 is 10.6 Å². The van der Waals surface area contributed by atoms with E-state index in [1.54, 1.807) is 13.8 Å². The van der Waals surface area contributed by atoms with Gasteiger partial charge in [-0.05, 0) is 31.1 Å². The third-order valence-electron chi connectivity index (χ3n) is 5.66. The van der Waals surface area contributed by atoms with E-state index < -0.39 is 53.8 Å². The molecule has 0 bridgehead atoms. The number of amides is 2. The number of halogens is 7. The van der Waals surface area contributed by atoms with Crippen molar-refractivity contribution < 1.29 is 49.9 Å². The van der Waals surface area contributed by atoms with Gasteiger partial charge >= 0.3 is 24.0 Å². The molecule has 2 atom stereocenters. The minimum absolute atomic E-state index is 0.0756. The number of carbonyl (C=O) groups is 3. The van der Waals surface area contributed by atoms with E-state index in [0.717, 1.165) is 38.5 Å². The zero-order chi connectivity index (χ0) is 29.7. The van der Waals surface area contributed by atoms with E-state index in [-0.39, 0.29) is 25.4 Å². The van der Waals surface area contributed by atoms with Crippen molar-refractivity contribution in [2.45, 2.75) is 123 Å². The zero-order valence-electron chi connectivity index (χ0n) is 22.7. The molecule has 0 saturated heterocycles. The highest BCUT2D eigenvalue weighted by molar-refractivity contribution is 5.93. The number of hydrogen-bond acceptors (Lipinski definition) is 4. The molecule has 0 radical (unpaired) electrons. The molecule has 2 unspecified atom stereocenters. The monoisotopic (exact) mass is 566 g/mol. The zero-order valence-corrected chi connectivity index (χ0v) is 22.7. The van der Waals surface area contributed by atoms with Gasteiger partial charge in [0.1, 0.15) is 12.1 Å². The highest BCUT2D eigenvalue weighted by Gasteiger charge is 2.76. The van der Waals surface area contributed by atoms with Crippen LogP contribution in [0.2, 0.25) is 0 Å². The molecule has 224 valence electrons. The Balaban J connectivity index is 5.35. The van der Waals surface area contributed by atoms with Gasteiger partial charge in [0, 0.05) is 0 Å². The van der Waals surface area contributed by atoms with Gasteiger partial charge in [-0.1, -0.05) is 73.1 Å². The van der Waals surface area contributed by atoms with Crippen molar-refractivity contribution in [2.24, 2.45) is 11.8 Å². The van der Waals surface area contributed by atoms with E-state index >= 15 is 0 Å². The predicted octanol–water partition coefficient (Wildman–Crippen LogP) is 6.17. The van der Waals surface area contributed by atoms with Crippen molar-refractivity contribution in [3.05, 3.63) is 0 Å². The van der Waals surface area contributed by atoms with Crippen molar-refractivity contribution in [1.82, 2.24) is 10.6 Å². The van der Waals surface area contributed by atoms with Crippen LogP contribution in [0.1, 0.15) is 92.4 Å². The van der Waals surface area contributed by atoms with E-state index in [1.807, 2.05) is 0 Å². The topological polar surface area (TPSA) is 84.5 Å². The lowest BCUT2D eigenvalue weighted by atomic mass is 10.00. The molecule has 0 aromatic heterocycles. The SMILES string of the molecule is CCCCCCCCCOC(=O)C(CC(C)C)NC(=O)C(CC(C)C)NC(=O)C(F)(F)C(F)(F)C(F)(F)F. The normalized spacial score (nSPS) is 14.4. The second kappa shape index (κ2) is 16.1. The molecule has 0 aliphatic heterocycles. The summed E-state index contributed by atoms with van der Waals surface area (Å²) in [6, 6.07) is -3.14. The Bertz CT molecular complexity index is 744. The van der Waals surface area contributed by atoms with Gasteiger partial charge in [0.2, 0.25) is 5.91 Å². The van der Waals surface area contributed by atoms with Gasteiger partial charge in [-0.3, -0.25) is 9.59 Å². The smallest absolute Gasteiger partial charge is 0.460 e. The van der Waals surface area contributed by atoms with Crippen LogP contribution in [0.25, 0.3) is 0 Å². The molecule has 13 heteroatoms. The summed E-state index contributed by atoms with van der Waals surface area (Å²) < 4.78 is 96.8. The number of ether oxygens (including phenoxy) is 1. The maximum Gasteiger partial charge on any atom is 0.460 e. The number of nitrogens with one attached hydrogen (secondary N) is 2. The number of unbranched alkanes of at least 4 members (excludes halogenated alkanes) is 6. The van der Waals surface area contributed by atoms with Crippen molar-refractivity contribution in [3.8, 4) is 0 Å². The largest absolute Gasteiger partial charge is 0.464 e. The molecule has 0 aliphatic carbocycles. The number of carbonyl (C=O) groups excluding carboxylic acids is 3. The van der Waals surface area contributed by atoms with Gasteiger partial charge in [-0.25, -0.2) is 4.79 Å². The molecule has 0 saturated carbocycles. The van der Waals surface area contributed by atoms with E-state index in [9.17, 15) is 45.1 Å². The summed E-state index contributed by atoms with van der Waals surface area (Å²) in [5.41, 5.74) is 0. The van der Waals surface area contributed by atoms with Gasteiger partial charge in [0.15, 0.2) is 0 Å². The fraction of sp³-hybridized carbons (Fsp3) is 0.880. The first-order chi connectivity index (χ1) is 17.4. The Kier molecular flexibility index (Phi) is 15.2. The Morgan fingerprint density at radius 1 is 0.711 bits per heavy atom. The average molecular weight is 567 g/mol. The van der Waals surface area contributed by atoms with Gasteiger partial charge in [-0.2, -0.15) is 30.7 Å². The maximum atomic E-state index is 13.8. The Labute approximate surface area is 219 Å². The van der Waals surface area contributed by atoms with Gasteiger partial charge in [0.05, 0.1) is 6.61 Å². The number of rotatable bonds is 18. The summed E-state index contributed by atoms with van der Waals surface area (Å²) in [5.74, 6) is -18.4. The van der Waals surface area contributed by atoms with Crippen LogP contribution in [-0.2, 0) is 19.1 Å². The summed E-state index contributed by atoms with van der Waals surface area (Å²) in [6.07, 6.45) is -0.164. The molecule has 0 spiro atoms. The van der Waals surface area contributed by atoms with Crippen LogP contribution in [0.4, 0.5) is 30.7 Å². The summed E-state index contributed by atoms with van der Waals surface area (Å²) in [6.45, 7) is 8.67. The average Bonchev–Trinajstić information content (AvgIpc) is 2.78. The van der Waals surface area contributed by atoms with Crippen LogP contribution in [0.3, 0.4) is 0 Å². The third kappa shape index (κ3) is 11.8. The summed E-state index contributed by atoms with van der Waals surface area (Å²) in [4.78, 5) is 37.2. The predicted molar refractivity (Wildman–Crippen MR) is 128 cm³/mol. The van der Waals surface area contributed by atoms with Crippen LogP contribution in [0.5, 0.6) is 0 Å². The Morgan fingerprint density at radius 2 is 1.18 bits per heavy atom. The van der Waals surface area contributed by atoms with Crippen molar-refractivity contribution >= 4 is 17.8 Å². The van der Waals surface area contributed by atoms with Crippen LogP contribution in [0, 0.1) is 11.8 Å². The fourth-order valence-electron chi connectivity index (χ4n) is 3.56. The Hall–Kier alpha value is -2.08. The molecular weight excluding hydrogens is 525 g/mol. The van der Waals surface area contributed by atoms with Gasteiger partial charge in [0.25, 0.3) is 5.91 Å². The lowest BCUT2D eigenvalue weighted by molar-refractivity contribution is -0.344. The number of alkyl halides is 7. The van der Waals surface area contributed by atoms with Crippen molar-refractivity contribution in [3.63, 3.8) is 0 Å². The fourth-order valence-corrected chi connectivity index (χ4v) is 3.56. The minimum atomic E-state index is -6.70. The molecule has 0 fully saturated rings. The molecule has 2 N–H and O–H groups in total. The van der Waals surface area contributed by atoms with Crippen molar-refractivity contribution in [2.75, 3.05) is 6.61 Å².